The number of hydrogen-bond donors (Lipinski definition) is 2. The molecule has 0 unspecified atom stereocenters. The molecule has 0 saturated carbocycles. The van der Waals surface area contributed by atoms with Crippen LogP contribution in [0, 0.1) is 0 Å². The summed E-state index contributed by atoms with van der Waals surface area (Å²) in [5.74, 6) is 0. The molecular weight excluding hydrogens is 340 g/mol. The van der Waals surface area contributed by atoms with Crippen molar-refractivity contribution in [3.8, 4) is 0 Å². The average Bonchev–Trinajstić information content (AvgIpc) is 2.68. The molecular formula is C26H58N2+2. The minimum atomic E-state index is 0.468. The summed E-state index contributed by atoms with van der Waals surface area (Å²) in [4.78, 5) is 3.53. The van der Waals surface area contributed by atoms with E-state index in [-0.39, 0.29) is 0 Å². The highest BCUT2D eigenvalue weighted by molar-refractivity contribution is 4.66. The standard InChI is InChI=1S/C26H56N2/c1-7-27(8-2)25-23-21-19-17-15-13-11-12-14-16-18-20-22-24-26(5,6)28(9-3)10-4/h7-25H2,1-6H3/p+2. The molecule has 0 radical (unpaired) electrons. The molecule has 0 aromatic carbocycles. The molecule has 170 valence electrons. The second-order valence-corrected chi connectivity index (χ2v) is 9.75. The van der Waals surface area contributed by atoms with E-state index in [0.717, 1.165) is 0 Å². The van der Waals surface area contributed by atoms with Gasteiger partial charge in [0.05, 0.1) is 38.3 Å². The molecule has 2 nitrogen and oxygen atoms in total. The van der Waals surface area contributed by atoms with Crippen molar-refractivity contribution in [1.29, 1.82) is 0 Å². The zero-order valence-electron chi connectivity index (χ0n) is 20.9. The lowest BCUT2D eigenvalue weighted by Crippen LogP contribution is -3.18. The van der Waals surface area contributed by atoms with E-state index in [1.165, 1.54) is 123 Å². The van der Waals surface area contributed by atoms with E-state index in [2.05, 4.69) is 41.5 Å². The Labute approximate surface area is 179 Å². The largest absolute Gasteiger partial charge is 0.335 e. The molecule has 0 heterocycles. The summed E-state index contributed by atoms with van der Waals surface area (Å²) >= 11 is 0. The number of unbranched alkanes of at least 4 members (excludes halogenated alkanes) is 12. The first-order valence-electron chi connectivity index (χ1n) is 13.2. The summed E-state index contributed by atoms with van der Waals surface area (Å²) in [6, 6.07) is 0. The fourth-order valence-electron chi connectivity index (χ4n) is 4.87. The minimum absolute atomic E-state index is 0.468. The van der Waals surface area contributed by atoms with Gasteiger partial charge in [0.25, 0.3) is 0 Å². The average molecular weight is 399 g/mol. The van der Waals surface area contributed by atoms with Crippen molar-refractivity contribution in [2.24, 2.45) is 0 Å². The maximum atomic E-state index is 2.46. The lowest BCUT2D eigenvalue weighted by molar-refractivity contribution is -0.946. The number of quaternary nitrogens is 2. The molecule has 0 amide bonds. The van der Waals surface area contributed by atoms with Crippen LogP contribution in [0.4, 0.5) is 0 Å². The van der Waals surface area contributed by atoms with Gasteiger partial charge in [-0.1, -0.05) is 64.2 Å². The molecule has 0 bridgehead atoms. The highest BCUT2D eigenvalue weighted by atomic mass is 15.2. The van der Waals surface area contributed by atoms with E-state index < -0.39 is 0 Å². The van der Waals surface area contributed by atoms with Crippen LogP contribution in [0.1, 0.15) is 131 Å². The van der Waals surface area contributed by atoms with Crippen molar-refractivity contribution < 1.29 is 9.80 Å². The van der Waals surface area contributed by atoms with Crippen molar-refractivity contribution in [2.45, 2.75) is 137 Å². The van der Waals surface area contributed by atoms with Gasteiger partial charge in [-0.05, 0) is 60.8 Å². The van der Waals surface area contributed by atoms with Gasteiger partial charge in [0.1, 0.15) is 0 Å². The third-order valence-electron chi connectivity index (χ3n) is 7.14. The summed E-state index contributed by atoms with van der Waals surface area (Å²) in [6.45, 7) is 20.7. The van der Waals surface area contributed by atoms with Gasteiger partial charge in [0, 0.05) is 6.42 Å². The summed E-state index contributed by atoms with van der Waals surface area (Å²) in [5, 5.41) is 0. The van der Waals surface area contributed by atoms with E-state index in [0.29, 0.717) is 5.54 Å². The minimum Gasteiger partial charge on any atom is -0.335 e. The Morgan fingerprint density at radius 1 is 0.464 bits per heavy atom. The topological polar surface area (TPSA) is 8.88 Å². The SMILES string of the molecule is CC[NH+](CC)CCCCCCCCCCCCCCCC(C)(C)[NH+](CC)CC. The van der Waals surface area contributed by atoms with Gasteiger partial charge in [-0.2, -0.15) is 0 Å². The lowest BCUT2D eigenvalue weighted by Gasteiger charge is -2.34. The van der Waals surface area contributed by atoms with Gasteiger partial charge in [-0.3, -0.25) is 0 Å². The first-order valence-corrected chi connectivity index (χ1v) is 13.2. The van der Waals surface area contributed by atoms with Crippen LogP contribution in [0.3, 0.4) is 0 Å². The molecule has 0 aliphatic heterocycles. The molecule has 2 N–H and O–H groups in total. The Kier molecular flexibility index (Phi) is 18.9. The van der Waals surface area contributed by atoms with Crippen molar-refractivity contribution in [2.75, 3.05) is 32.7 Å². The monoisotopic (exact) mass is 398 g/mol. The van der Waals surface area contributed by atoms with Crippen molar-refractivity contribution in [3.05, 3.63) is 0 Å². The quantitative estimate of drug-likeness (QED) is 0.250. The van der Waals surface area contributed by atoms with E-state index in [4.69, 9.17) is 0 Å². The van der Waals surface area contributed by atoms with Crippen molar-refractivity contribution in [3.63, 3.8) is 0 Å². The number of rotatable bonds is 21. The maximum Gasteiger partial charge on any atom is 0.0919 e. The predicted octanol–water partition coefficient (Wildman–Crippen LogP) is 5.08. The normalized spacial score (nSPS) is 12.4. The highest BCUT2D eigenvalue weighted by Gasteiger charge is 2.27. The molecule has 0 fully saturated rings. The van der Waals surface area contributed by atoms with E-state index >= 15 is 0 Å². The first-order chi connectivity index (χ1) is 13.5. The molecule has 0 aliphatic rings. The highest BCUT2D eigenvalue weighted by Crippen LogP contribution is 2.15. The Balaban J connectivity index is 3.32. The summed E-state index contributed by atoms with van der Waals surface area (Å²) in [6.07, 6.45) is 20.4. The molecule has 0 atom stereocenters. The van der Waals surface area contributed by atoms with E-state index in [9.17, 15) is 0 Å². The van der Waals surface area contributed by atoms with E-state index in [1.807, 2.05) is 0 Å². The van der Waals surface area contributed by atoms with E-state index in [1.54, 1.807) is 9.80 Å². The van der Waals surface area contributed by atoms with Crippen LogP contribution >= 0.6 is 0 Å². The molecule has 0 aromatic heterocycles. The van der Waals surface area contributed by atoms with Crippen LogP contribution in [-0.4, -0.2) is 38.3 Å². The van der Waals surface area contributed by atoms with Gasteiger partial charge in [-0.15, -0.1) is 0 Å². The van der Waals surface area contributed by atoms with Crippen LogP contribution in [0.25, 0.3) is 0 Å². The molecule has 0 aromatic rings. The molecule has 28 heavy (non-hydrogen) atoms. The molecule has 0 saturated heterocycles. The summed E-state index contributed by atoms with van der Waals surface area (Å²) < 4.78 is 0. The molecule has 2 heteroatoms. The Bertz CT molecular complexity index is 306. The van der Waals surface area contributed by atoms with Gasteiger partial charge < -0.3 is 9.80 Å². The van der Waals surface area contributed by atoms with Crippen molar-refractivity contribution >= 4 is 0 Å². The zero-order valence-corrected chi connectivity index (χ0v) is 20.9. The van der Waals surface area contributed by atoms with Crippen LogP contribution in [0.15, 0.2) is 0 Å². The third kappa shape index (κ3) is 14.9. The Morgan fingerprint density at radius 2 is 0.821 bits per heavy atom. The predicted molar refractivity (Wildman–Crippen MR) is 128 cm³/mol. The fourth-order valence-corrected chi connectivity index (χ4v) is 4.87. The summed E-state index contributed by atoms with van der Waals surface area (Å²) in [5.41, 5.74) is 0.468. The number of hydrogen-bond acceptors (Lipinski definition) is 0. The van der Waals surface area contributed by atoms with Crippen molar-refractivity contribution in [1.82, 2.24) is 0 Å². The van der Waals surface area contributed by atoms with Crippen LogP contribution in [0.2, 0.25) is 0 Å². The third-order valence-corrected chi connectivity index (χ3v) is 7.14. The van der Waals surface area contributed by atoms with Gasteiger partial charge in [0.2, 0.25) is 0 Å². The fraction of sp³-hybridized carbons (Fsp3) is 1.00. The Morgan fingerprint density at radius 3 is 1.18 bits per heavy atom. The number of nitrogens with one attached hydrogen (secondary N) is 2. The van der Waals surface area contributed by atoms with Crippen LogP contribution < -0.4 is 9.80 Å². The smallest absolute Gasteiger partial charge is 0.0919 e. The van der Waals surface area contributed by atoms with Crippen LogP contribution in [-0.2, 0) is 0 Å². The van der Waals surface area contributed by atoms with Crippen LogP contribution in [0.5, 0.6) is 0 Å². The molecule has 0 aliphatic carbocycles. The zero-order chi connectivity index (χ0) is 21.1. The first kappa shape index (κ1) is 27.9. The van der Waals surface area contributed by atoms with Gasteiger partial charge >= 0.3 is 0 Å². The van der Waals surface area contributed by atoms with Gasteiger partial charge in [-0.25, -0.2) is 0 Å². The molecule has 0 rings (SSSR count). The lowest BCUT2D eigenvalue weighted by atomic mass is 9.94. The second kappa shape index (κ2) is 18.9. The molecule has 0 spiro atoms. The summed E-state index contributed by atoms with van der Waals surface area (Å²) in [7, 11) is 0. The maximum absolute atomic E-state index is 2.46. The van der Waals surface area contributed by atoms with Gasteiger partial charge in [0.15, 0.2) is 0 Å². The Hall–Kier alpha value is -0.0800. The second-order valence-electron chi connectivity index (χ2n) is 9.75.